The highest BCUT2D eigenvalue weighted by atomic mass is 35.5. The molecule has 3 N–H and O–H groups in total. The minimum Gasteiger partial charge on any atom is -0.495 e. The van der Waals surface area contributed by atoms with Gasteiger partial charge >= 0.3 is 0 Å². The third-order valence-corrected chi connectivity index (χ3v) is 3.04. The minimum atomic E-state index is 0.388. The lowest BCUT2D eigenvalue weighted by Gasteiger charge is -2.12. The van der Waals surface area contributed by atoms with Gasteiger partial charge < -0.3 is 20.2 Å². The lowest BCUT2D eigenvalue weighted by Crippen LogP contribution is -2.03. The summed E-state index contributed by atoms with van der Waals surface area (Å²) in [5, 5.41) is 3.74. The highest BCUT2D eigenvalue weighted by Gasteiger charge is 2.10. The first-order valence-corrected chi connectivity index (χ1v) is 6.25. The summed E-state index contributed by atoms with van der Waals surface area (Å²) in [4.78, 5) is 8.50. The summed E-state index contributed by atoms with van der Waals surface area (Å²) < 4.78 is 7.08. The van der Waals surface area contributed by atoms with Gasteiger partial charge in [0, 0.05) is 17.4 Å². The first-order chi connectivity index (χ1) is 9.67. The molecule has 0 saturated carbocycles. The van der Waals surface area contributed by atoms with Crippen molar-refractivity contribution in [2.45, 2.75) is 0 Å². The molecule has 1 aromatic carbocycles. The van der Waals surface area contributed by atoms with Crippen LogP contribution in [0.3, 0.4) is 0 Å². The Labute approximate surface area is 120 Å². The Kier molecular flexibility index (Phi) is 3.08. The fourth-order valence-corrected chi connectivity index (χ4v) is 2.11. The molecule has 0 unspecified atom stereocenters. The van der Waals surface area contributed by atoms with E-state index in [0.717, 1.165) is 0 Å². The molecule has 6 nitrogen and oxygen atoms in total. The third kappa shape index (κ3) is 2.21. The van der Waals surface area contributed by atoms with Gasteiger partial charge in [-0.3, -0.25) is 0 Å². The number of fused-ring (bicyclic) bond motifs is 1. The monoisotopic (exact) mass is 289 g/mol. The van der Waals surface area contributed by atoms with Crippen LogP contribution in [0.1, 0.15) is 0 Å². The van der Waals surface area contributed by atoms with Gasteiger partial charge in [0.2, 0.25) is 0 Å². The molecule has 0 aliphatic rings. The molecule has 0 fully saturated rings. The van der Waals surface area contributed by atoms with Crippen LogP contribution < -0.4 is 15.8 Å². The molecule has 0 radical (unpaired) electrons. The summed E-state index contributed by atoms with van der Waals surface area (Å²) in [5.41, 5.74) is 7.15. The highest BCUT2D eigenvalue weighted by Crippen LogP contribution is 2.31. The van der Waals surface area contributed by atoms with E-state index in [-0.39, 0.29) is 0 Å². The predicted molar refractivity (Wildman–Crippen MR) is 78.7 cm³/mol. The van der Waals surface area contributed by atoms with Gasteiger partial charge in [0.1, 0.15) is 11.6 Å². The maximum atomic E-state index is 6.01. The smallest absolute Gasteiger partial charge is 0.180 e. The molecule has 0 amide bonds. The number of methoxy groups -OCH3 is 1. The Bertz CT molecular complexity index is 771. The summed E-state index contributed by atoms with van der Waals surface area (Å²) in [5.74, 6) is 1.58. The number of benzene rings is 1. The van der Waals surface area contributed by atoms with E-state index < -0.39 is 0 Å². The molecule has 20 heavy (non-hydrogen) atoms. The van der Waals surface area contributed by atoms with Crippen molar-refractivity contribution in [2.75, 3.05) is 18.2 Å². The number of nitrogens with one attached hydrogen (secondary N) is 1. The van der Waals surface area contributed by atoms with Crippen LogP contribution in [0.4, 0.5) is 17.3 Å². The lowest BCUT2D eigenvalue weighted by atomic mass is 10.3. The topological polar surface area (TPSA) is 77.5 Å². The Hall–Kier alpha value is -2.47. The lowest BCUT2D eigenvalue weighted by molar-refractivity contribution is 0.417. The van der Waals surface area contributed by atoms with E-state index in [4.69, 9.17) is 22.1 Å². The zero-order chi connectivity index (χ0) is 14.1. The molecule has 0 bridgehead atoms. The van der Waals surface area contributed by atoms with E-state index in [9.17, 15) is 0 Å². The zero-order valence-electron chi connectivity index (χ0n) is 10.7. The predicted octanol–water partition coefficient (Wildman–Crippen LogP) is 2.72. The SMILES string of the molecule is COc1ccc(Cl)cc1Nc1nc(N)cn2ccnc12. The number of nitrogens with two attached hydrogens (primary N) is 1. The molecule has 7 heteroatoms. The van der Waals surface area contributed by atoms with E-state index in [1.165, 1.54) is 0 Å². The summed E-state index contributed by atoms with van der Waals surface area (Å²) in [6.45, 7) is 0. The van der Waals surface area contributed by atoms with Crippen molar-refractivity contribution in [3.63, 3.8) is 0 Å². The standard InChI is InChI=1S/C13H12ClN5O/c1-20-10-3-2-8(14)6-9(10)17-12-13-16-4-5-19(13)7-11(15)18-12/h2-7H,15H2,1H3,(H,17,18). The van der Waals surface area contributed by atoms with Crippen molar-refractivity contribution >= 4 is 34.6 Å². The number of nitrogens with zero attached hydrogens (tertiary/aromatic N) is 3. The third-order valence-electron chi connectivity index (χ3n) is 2.81. The van der Waals surface area contributed by atoms with Gasteiger partial charge in [-0.15, -0.1) is 0 Å². The van der Waals surface area contributed by atoms with Crippen LogP contribution in [0, 0.1) is 0 Å². The number of halogens is 1. The van der Waals surface area contributed by atoms with Gasteiger partial charge in [0.15, 0.2) is 11.5 Å². The second-order valence-corrected chi connectivity index (χ2v) is 4.58. The molecule has 0 aliphatic heterocycles. The highest BCUT2D eigenvalue weighted by molar-refractivity contribution is 6.31. The first kappa shape index (κ1) is 12.6. The fourth-order valence-electron chi connectivity index (χ4n) is 1.94. The number of imidazole rings is 1. The number of aromatic nitrogens is 3. The van der Waals surface area contributed by atoms with Gasteiger partial charge in [-0.25, -0.2) is 9.97 Å². The van der Waals surface area contributed by atoms with Crippen molar-refractivity contribution < 1.29 is 4.74 Å². The molecule has 3 rings (SSSR count). The van der Waals surface area contributed by atoms with Gasteiger partial charge in [0.25, 0.3) is 0 Å². The fraction of sp³-hybridized carbons (Fsp3) is 0.0769. The maximum Gasteiger partial charge on any atom is 0.180 e. The van der Waals surface area contributed by atoms with Crippen molar-refractivity contribution in [2.24, 2.45) is 0 Å². The molecule has 2 aromatic heterocycles. The van der Waals surface area contributed by atoms with Crippen molar-refractivity contribution in [1.29, 1.82) is 0 Å². The minimum absolute atomic E-state index is 0.388. The van der Waals surface area contributed by atoms with Crippen LogP contribution in [0.2, 0.25) is 5.02 Å². The van der Waals surface area contributed by atoms with Crippen LogP contribution in [-0.4, -0.2) is 21.5 Å². The van der Waals surface area contributed by atoms with Crippen molar-refractivity contribution in [3.05, 3.63) is 41.8 Å². The summed E-state index contributed by atoms with van der Waals surface area (Å²) in [6.07, 6.45) is 5.17. The van der Waals surface area contributed by atoms with Gasteiger partial charge in [0.05, 0.1) is 19.0 Å². The van der Waals surface area contributed by atoms with E-state index in [2.05, 4.69) is 15.3 Å². The van der Waals surface area contributed by atoms with Crippen LogP contribution in [0.25, 0.3) is 5.65 Å². The summed E-state index contributed by atoms with van der Waals surface area (Å²) in [7, 11) is 1.59. The van der Waals surface area contributed by atoms with Crippen molar-refractivity contribution in [1.82, 2.24) is 14.4 Å². The Morgan fingerprint density at radius 3 is 3.05 bits per heavy atom. The number of rotatable bonds is 3. The molecular weight excluding hydrogens is 278 g/mol. The zero-order valence-corrected chi connectivity index (χ0v) is 11.4. The molecule has 2 heterocycles. The first-order valence-electron chi connectivity index (χ1n) is 5.87. The second kappa shape index (κ2) is 4.90. The van der Waals surface area contributed by atoms with E-state index in [1.807, 2.05) is 0 Å². The average molecular weight is 290 g/mol. The van der Waals surface area contributed by atoms with Gasteiger partial charge in [-0.2, -0.15) is 0 Å². The normalized spacial score (nSPS) is 10.7. The van der Waals surface area contributed by atoms with E-state index >= 15 is 0 Å². The number of hydrogen-bond acceptors (Lipinski definition) is 5. The molecule has 0 spiro atoms. The molecule has 3 aromatic rings. The second-order valence-electron chi connectivity index (χ2n) is 4.14. The quantitative estimate of drug-likeness (QED) is 0.775. The molecule has 102 valence electrons. The molecule has 0 atom stereocenters. The van der Waals surface area contributed by atoms with Crippen LogP contribution >= 0.6 is 11.6 Å². The maximum absolute atomic E-state index is 6.01. The molecule has 0 aliphatic carbocycles. The summed E-state index contributed by atoms with van der Waals surface area (Å²) >= 11 is 6.01. The molecule has 0 saturated heterocycles. The van der Waals surface area contributed by atoms with Crippen LogP contribution in [0.5, 0.6) is 5.75 Å². The van der Waals surface area contributed by atoms with Gasteiger partial charge in [-0.05, 0) is 18.2 Å². The largest absolute Gasteiger partial charge is 0.495 e. The van der Waals surface area contributed by atoms with Gasteiger partial charge in [-0.1, -0.05) is 11.6 Å². The van der Waals surface area contributed by atoms with E-state index in [0.29, 0.717) is 33.7 Å². The van der Waals surface area contributed by atoms with Crippen LogP contribution in [-0.2, 0) is 0 Å². The number of anilines is 3. The number of hydrogen-bond donors (Lipinski definition) is 2. The Morgan fingerprint density at radius 2 is 2.25 bits per heavy atom. The Morgan fingerprint density at radius 1 is 1.40 bits per heavy atom. The Balaban J connectivity index is 2.09. The summed E-state index contributed by atoms with van der Waals surface area (Å²) in [6, 6.07) is 5.29. The van der Waals surface area contributed by atoms with E-state index in [1.54, 1.807) is 48.3 Å². The number of ether oxygens (including phenoxy) is 1. The van der Waals surface area contributed by atoms with Crippen molar-refractivity contribution in [3.8, 4) is 5.75 Å². The average Bonchev–Trinajstić information content (AvgIpc) is 2.87. The molecular formula is C13H12ClN5O. The van der Waals surface area contributed by atoms with Crippen LogP contribution in [0.15, 0.2) is 36.8 Å². The number of nitrogen functional groups attached to an aromatic ring is 1.